The number of rotatable bonds is 3. The van der Waals surface area contributed by atoms with E-state index in [0.29, 0.717) is 0 Å². The monoisotopic (exact) mass is 243 g/mol. The van der Waals surface area contributed by atoms with Crippen LogP contribution >= 0.6 is 11.8 Å². The molecule has 3 N–H and O–H groups in total. The van der Waals surface area contributed by atoms with Gasteiger partial charge in [0.1, 0.15) is 5.84 Å². The average Bonchev–Trinajstić information content (AvgIpc) is 2.29. The van der Waals surface area contributed by atoms with E-state index in [1.54, 1.807) is 30.2 Å². The van der Waals surface area contributed by atoms with Crippen molar-refractivity contribution in [2.45, 2.75) is 16.7 Å². The molecule has 1 aromatic heterocycles. The molecule has 0 radical (unpaired) electrons. The molecule has 0 aliphatic heterocycles. The summed E-state index contributed by atoms with van der Waals surface area (Å²) in [6, 6.07) is 9.97. The zero-order valence-corrected chi connectivity index (χ0v) is 10.3. The van der Waals surface area contributed by atoms with Crippen LogP contribution in [0.25, 0.3) is 0 Å². The molecule has 2 aromatic rings. The van der Waals surface area contributed by atoms with Gasteiger partial charge in [0.2, 0.25) is 0 Å². The number of hydrogen-bond donors (Lipinski definition) is 2. The molecule has 1 heterocycles. The number of nitrogens with one attached hydrogen (secondary N) is 1. The first-order valence-corrected chi connectivity index (χ1v) is 6.01. The second-order valence-electron chi connectivity index (χ2n) is 3.70. The van der Waals surface area contributed by atoms with E-state index in [2.05, 4.69) is 24.0 Å². The summed E-state index contributed by atoms with van der Waals surface area (Å²) in [5.74, 6) is 0.0718. The molecule has 1 aromatic carbocycles. The van der Waals surface area contributed by atoms with Gasteiger partial charge in [0.05, 0.1) is 0 Å². The van der Waals surface area contributed by atoms with Crippen molar-refractivity contribution in [3.63, 3.8) is 0 Å². The van der Waals surface area contributed by atoms with E-state index in [-0.39, 0.29) is 5.84 Å². The highest BCUT2D eigenvalue weighted by Crippen LogP contribution is 2.29. The highest BCUT2D eigenvalue weighted by Gasteiger charge is 2.06. The molecular weight excluding hydrogens is 230 g/mol. The second kappa shape index (κ2) is 5.01. The number of aromatic nitrogens is 1. The van der Waals surface area contributed by atoms with Gasteiger partial charge < -0.3 is 5.73 Å². The van der Waals surface area contributed by atoms with Crippen molar-refractivity contribution in [1.82, 2.24) is 4.98 Å². The van der Waals surface area contributed by atoms with Gasteiger partial charge in [-0.15, -0.1) is 0 Å². The van der Waals surface area contributed by atoms with Crippen LogP contribution in [0.2, 0.25) is 0 Å². The molecular formula is C13H13N3S. The summed E-state index contributed by atoms with van der Waals surface area (Å²) in [7, 11) is 0. The number of aryl methyl sites for hydroxylation is 1. The molecule has 0 saturated carbocycles. The molecule has 0 aliphatic rings. The van der Waals surface area contributed by atoms with Crippen LogP contribution in [-0.4, -0.2) is 10.8 Å². The van der Waals surface area contributed by atoms with E-state index < -0.39 is 0 Å². The Labute approximate surface area is 105 Å². The molecule has 0 atom stereocenters. The number of hydrogen-bond acceptors (Lipinski definition) is 3. The summed E-state index contributed by atoms with van der Waals surface area (Å²) >= 11 is 1.57. The van der Waals surface area contributed by atoms with Crippen molar-refractivity contribution in [2.75, 3.05) is 0 Å². The number of nitrogens with zero attached hydrogens (tertiary/aromatic N) is 1. The van der Waals surface area contributed by atoms with Gasteiger partial charge in [0, 0.05) is 27.7 Å². The second-order valence-corrected chi connectivity index (χ2v) is 4.82. The number of pyridine rings is 1. The lowest BCUT2D eigenvalue weighted by Gasteiger charge is -2.07. The first kappa shape index (κ1) is 11.7. The summed E-state index contributed by atoms with van der Waals surface area (Å²) in [4.78, 5) is 6.11. The lowest BCUT2D eigenvalue weighted by atomic mass is 10.2. The fraction of sp³-hybridized carbons (Fsp3) is 0.0769. The molecule has 0 spiro atoms. The van der Waals surface area contributed by atoms with Gasteiger partial charge >= 0.3 is 0 Å². The minimum Gasteiger partial charge on any atom is -0.384 e. The van der Waals surface area contributed by atoms with Crippen molar-refractivity contribution >= 4 is 17.6 Å². The van der Waals surface area contributed by atoms with Crippen LogP contribution in [0.5, 0.6) is 0 Å². The maximum absolute atomic E-state index is 7.52. The van der Waals surface area contributed by atoms with Crippen molar-refractivity contribution in [3.05, 3.63) is 53.9 Å². The van der Waals surface area contributed by atoms with Crippen molar-refractivity contribution in [3.8, 4) is 0 Å². The average molecular weight is 243 g/mol. The van der Waals surface area contributed by atoms with Crippen LogP contribution < -0.4 is 5.73 Å². The minimum absolute atomic E-state index is 0.0718. The summed E-state index contributed by atoms with van der Waals surface area (Å²) in [6.45, 7) is 2.05. The maximum Gasteiger partial charge on any atom is 0.124 e. The van der Waals surface area contributed by atoms with E-state index in [9.17, 15) is 0 Å². The van der Waals surface area contributed by atoms with E-state index >= 15 is 0 Å². The molecule has 0 amide bonds. The molecule has 4 heteroatoms. The number of benzene rings is 1. The minimum atomic E-state index is 0.0718. The lowest BCUT2D eigenvalue weighted by Crippen LogP contribution is -2.12. The van der Waals surface area contributed by atoms with Crippen molar-refractivity contribution in [2.24, 2.45) is 5.73 Å². The Kier molecular flexibility index (Phi) is 3.44. The Morgan fingerprint density at radius 2 is 2.18 bits per heavy atom. The molecule has 86 valence electrons. The number of nitrogens with two attached hydrogens (primary N) is 1. The van der Waals surface area contributed by atoms with Gasteiger partial charge in [-0.25, -0.2) is 0 Å². The first-order valence-electron chi connectivity index (χ1n) is 5.20. The Bertz CT molecular complexity index is 552. The maximum atomic E-state index is 7.52. The standard InChI is InChI=1S/C13H13N3S/c1-9-3-2-4-10(7-9)17-12-8-16-6-5-11(12)13(14)15/h2-8H,1H3,(H3,14,15). The molecule has 0 bridgehead atoms. The normalized spacial score (nSPS) is 10.2. The van der Waals surface area contributed by atoms with E-state index in [4.69, 9.17) is 11.1 Å². The molecule has 0 unspecified atom stereocenters. The van der Waals surface area contributed by atoms with Gasteiger partial charge in [-0.05, 0) is 25.1 Å². The third kappa shape index (κ3) is 2.85. The summed E-state index contributed by atoms with van der Waals surface area (Å²) in [5, 5.41) is 7.52. The Balaban J connectivity index is 2.33. The first-order chi connectivity index (χ1) is 8.16. The molecule has 0 saturated heterocycles. The van der Waals surface area contributed by atoms with Crippen LogP contribution in [-0.2, 0) is 0 Å². The SMILES string of the molecule is Cc1cccc(Sc2cnccc2C(=N)N)c1. The molecule has 0 aliphatic carbocycles. The van der Waals surface area contributed by atoms with Gasteiger partial charge in [0.15, 0.2) is 0 Å². The molecule has 2 rings (SSSR count). The van der Waals surface area contributed by atoms with Crippen LogP contribution in [0.3, 0.4) is 0 Å². The highest BCUT2D eigenvalue weighted by atomic mass is 32.2. The predicted octanol–water partition coefficient (Wildman–Crippen LogP) is 2.83. The Morgan fingerprint density at radius 1 is 1.35 bits per heavy atom. The molecule has 3 nitrogen and oxygen atoms in total. The summed E-state index contributed by atoms with van der Waals surface area (Å²) in [6.07, 6.45) is 3.39. The third-order valence-electron chi connectivity index (χ3n) is 2.29. The lowest BCUT2D eigenvalue weighted by molar-refractivity contribution is 1.20. The molecule has 17 heavy (non-hydrogen) atoms. The van der Waals surface area contributed by atoms with Crippen LogP contribution in [0, 0.1) is 12.3 Å². The Hall–Kier alpha value is -1.81. The van der Waals surface area contributed by atoms with E-state index in [0.717, 1.165) is 15.4 Å². The zero-order valence-electron chi connectivity index (χ0n) is 9.47. The number of amidine groups is 1. The fourth-order valence-electron chi connectivity index (χ4n) is 1.49. The topological polar surface area (TPSA) is 62.8 Å². The predicted molar refractivity (Wildman–Crippen MR) is 70.6 cm³/mol. The van der Waals surface area contributed by atoms with Gasteiger partial charge in [-0.3, -0.25) is 10.4 Å². The number of nitrogen functional groups attached to an aromatic ring is 1. The van der Waals surface area contributed by atoms with Gasteiger partial charge in [-0.1, -0.05) is 29.5 Å². The van der Waals surface area contributed by atoms with E-state index in [1.165, 1.54) is 5.56 Å². The van der Waals surface area contributed by atoms with Crippen LogP contribution in [0.4, 0.5) is 0 Å². The van der Waals surface area contributed by atoms with Gasteiger partial charge in [0.25, 0.3) is 0 Å². The summed E-state index contributed by atoms with van der Waals surface area (Å²) < 4.78 is 0. The smallest absolute Gasteiger partial charge is 0.124 e. The highest BCUT2D eigenvalue weighted by molar-refractivity contribution is 7.99. The Morgan fingerprint density at radius 3 is 2.88 bits per heavy atom. The molecule has 0 fully saturated rings. The zero-order chi connectivity index (χ0) is 12.3. The van der Waals surface area contributed by atoms with E-state index in [1.807, 2.05) is 12.1 Å². The van der Waals surface area contributed by atoms with Gasteiger partial charge in [-0.2, -0.15) is 0 Å². The largest absolute Gasteiger partial charge is 0.384 e. The quantitative estimate of drug-likeness (QED) is 0.643. The summed E-state index contributed by atoms with van der Waals surface area (Å²) in [5.41, 5.74) is 7.48. The van der Waals surface area contributed by atoms with Crippen LogP contribution in [0.15, 0.2) is 52.5 Å². The van der Waals surface area contributed by atoms with Crippen molar-refractivity contribution in [1.29, 1.82) is 5.41 Å². The fourth-order valence-corrected chi connectivity index (χ4v) is 2.54. The van der Waals surface area contributed by atoms with Crippen molar-refractivity contribution < 1.29 is 0 Å². The van der Waals surface area contributed by atoms with Crippen LogP contribution in [0.1, 0.15) is 11.1 Å². The third-order valence-corrected chi connectivity index (χ3v) is 3.33.